The number of imidazole rings is 1. The van der Waals surface area contributed by atoms with Crippen LogP contribution in [0.4, 0.5) is 0 Å². The van der Waals surface area contributed by atoms with Gasteiger partial charge in [-0.25, -0.2) is 0 Å². The first-order chi connectivity index (χ1) is 8.66. The van der Waals surface area contributed by atoms with Crippen molar-refractivity contribution in [2.75, 3.05) is 0 Å². The van der Waals surface area contributed by atoms with Crippen LogP contribution >= 0.6 is 28.1 Å². The van der Waals surface area contributed by atoms with E-state index in [-0.39, 0.29) is 0 Å². The number of aromatic nitrogens is 2. The predicted molar refractivity (Wildman–Crippen MR) is 80.9 cm³/mol. The lowest BCUT2D eigenvalue weighted by molar-refractivity contribution is 1.06. The highest BCUT2D eigenvalue weighted by atomic mass is 79.9. The SMILES string of the molecule is Cc1ccc2[nH]c(=S)n(-c3ccccc3Br)c2c1. The molecular weight excluding hydrogens is 308 g/mol. The molecule has 0 aliphatic rings. The number of H-pyrrole nitrogens is 1. The van der Waals surface area contributed by atoms with E-state index in [1.807, 2.05) is 18.2 Å². The fraction of sp³-hybridized carbons (Fsp3) is 0.0714. The van der Waals surface area contributed by atoms with Gasteiger partial charge in [-0.1, -0.05) is 18.2 Å². The van der Waals surface area contributed by atoms with Crippen molar-refractivity contribution in [1.82, 2.24) is 9.55 Å². The van der Waals surface area contributed by atoms with E-state index in [2.05, 4.69) is 56.7 Å². The van der Waals surface area contributed by atoms with Crippen LogP contribution in [0.3, 0.4) is 0 Å². The molecule has 0 bridgehead atoms. The van der Waals surface area contributed by atoms with Crippen LogP contribution in [0.25, 0.3) is 16.7 Å². The number of rotatable bonds is 1. The van der Waals surface area contributed by atoms with Crippen LogP contribution in [0, 0.1) is 11.7 Å². The number of aromatic amines is 1. The molecule has 0 unspecified atom stereocenters. The maximum absolute atomic E-state index is 5.42. The Bertz CT molecular complexity index is 786. The molecule has 18 heavy (non-hydrogen) atoms. The zero-order chi connectivity index (χ0) is 12.7. The number of nitrogens with zero attached hydrogens (tertiary/aromatic N) is 1. The number of halogens is 1. The van der Waals surface area contributed by atoms with Gasteiger partial charge in [-0.05, 0) is 64.9 Å². The van der Waals surface area contributed by atoms with Crippen molar-refractivity contribution >= 4 is 39.2 Å². The second kappa shape index (κ2) is 4.37. The van der Waals surface area contributed by atoms with Crippen LogP contribution in [0.15, 0.2) is 46.9 Å². The highest BCUT2D eigenvalue weighted by Crippen LogP contribution is 2.26. The normalized spacial score (nSPS) is 11.0. The van der Waals surface area contributed by atoms with Crippen LogP contribution < -0.4 is 0 Å². The Labute approximate surface area is 118 Å². The van der Waals surface area contributed by atoms with Crippen molar-refractivity contribution in [3.8, 4) is 5.69 Å². The van der Waals surface area contributed by atoms with E-state index < -0.39 is 0 Å². The second-order valence-corrected chi connectivity index (χ2v) is 5.48. The predicted octanol–water partition coefficient (Wildman–Crippen LogP) is 4.76. The molecule has 2 aromatic carbocycles. The van der Waals surface area contributed by atoms with Gasteiger partial charge in [0.15, 0.2) is 4.77 Å². The standard InChI is InChI=1S/C14H11BrN2S/c1-9-6-7-11-13(8-9)17(14(18)16-11)12-5-3-2-4-10(12)15/h2-8H,1H3,(H,16,18). The van der Waals surface area contributed by atoms with Gasteiger partial charge >= 0.3 is 0 Å². The summed E-state index contributed by atoms with van der Waals surface area (Å²) in [5.74, 6) is 0. The van der Waals surface area contributed by atoms with Crippen molar-refractivity contribution in [3.63, 3.8) is 0 Å². The van der Waals surface area contributed by atoms with E-state index in [1.54, 1.807) is 0 Å². The van der Waals surface area contributed by atoms with E-state index in [1.165, 1.54) is 5.56 Å². The van der Waals surface area contributed by atoms with E-state index in [0.717, 1.165) is 21.2 Å². The highest BCUT2D eigenvalue weighted by Gasteiger charge is 2.08. The zero-order valence-corrected chi connectivity index (χ0v) is 12.2. The fourth-order valence-corrected chi connectivity index (χ4v) is 2.85. The zero-order valence-electron chi connectivity index (χ0n) is 9.77. The average molecular weight is 319 g/mol. The van der Waals surface area contributed by atoms with E-state index in [9.17, 15) is 0 Å². The lowest BCUT2D eigenvalue weighted by Crippen LogP contribution is -1.95. The monoisotopic (exact) mass is 318 g/mol. The molecule has 3 aromatic rings. The number of hydrogen-bond acceptors (Lipinski definition) is 1. The minimum Gasteiger partial charge on any atom is -0.330 e. The van der Waals surface area contributed by atoms with Gasteiger partial charge in [-0.15, -0.1) is 0 Å². The number of fused-ring (bicyclic) bond motifs is 1. The summed E-state index contributed by atoms with van der Waals surface area (Å²) in [6.07, 6.45) is 0. The minimum absolute atomic E-state index is 0.711. The summed E-state index contributed by atoms with van der Waals surface area (Å²) < 4.78 is 3.80. The molecule has 1 N–H and O–H groups in total. The van der Waals surface area contributed by atoms with Crippen molar-refractivity contribution in [2.45, 2.75) is 6.92 Å². The molecule has 0 saturated carbocycles. The van der Waals surface area contributed by atoms with Crippen LogP contribution in [0.2, 0.25) is 0 Å². The summed E-state index contributed by atoms with van der Waals surface area (Å²) in [7, 11) is 0. The van der Waals surface area contributed by atoms with Gasteiger partial charge < -0.3 is 4.98 Å². The summed E-state index contributed by atoms with van der Waals surface area (Å²) in [6.45, 7) is 2.08. The molecule has 0 amide bonds. The van der Waals surface area contributed by atoms with Crippen LogP contribution in [0.5, 0.6) is 0 Å². The lowest BCUT2D eigenvalue weighted by atomic mass is 10.2. The maximum atomic E-state index is 5.42. The molecule has 1 heterocycles. The largest absolute Gasteiger partial charge is 0.330 e. The van der Waals surface area contributed by atoms with Gasteiger partial charge in [0, 0.05) is 4.47 Å². The third-order valence-electron chi connectivity index (χ3n) is 2.93. The molecule has 1 aromatic heterocycles. The van der Waals surface area contributed by atoms with Crippen LogP contribution in [0.1, 0.15) is 5.56 Å². The number of nitrogens with one attached hydrogen (secondary N) is 1. The third-order valence-corrected chi connectivity index (χ3v) is 3.89. The molecular formula is C14H11BrN2S. The summed E-state index contributed by atoms with van der Waals surface area (Å²) in [4.78, 5) is 3.24. The molecule has 0 aliphatic carbocycles. The van der Waals surface area contributed by atoms with Gasteiger partial charge in [0.25, 0.3) is 0 Å². The number of benzene rings is 2. The Balaban J connectivity index is 2.42. The van der Waals surface area contributed by atoms with Crippen molar-refractivity contribution in [3.05, 3.63) is 57.3 Å². The fourth-order valence-electron chi connectivity index (χ4n) is 2.09. The summed E-state index contributed by atoms with van der Waals surface area (Å²) >= 11 is 9.00. The summed E-state index contributed by atoms with van der Waals surface area (Å²) in [5, 5.41) is 0. The van der Waals surface area contributed by atoms with Crippen molar-refractivity contribution < 1.29 is 0 Å². The highest BCUT2D eigenvalue weighted by molar-refractivity contribution is 9.10. The molecule has 0 atom stereocenters. The van der Waals surface area contributed by atoms with Gasteiger partial charge in [0.1, 0.15) is 0 Å². The molecule has 0 fully saturated rings. The third kappa shape index (κ3) is 1.82. The molecule has 4 heteroatoms. The Kier molecular flexibility index (Phi) is 2.84. The Morgan fingerprint density at radius 3 is 2.72 bits per heavy atom. The Morgan fingerprint density at radius 2 is 1.94 bits per heavy atom. The molecule has 90 valence electrons. The Hall–Kier alpha value is -1.39. The molecule has 0 spiro atoms. The first kappa shape index (κ1) is 11.7. The molecule has 0 radical (unpaired) electrons. The van der Waals surface area contributed by atoms with E-state index in [0.29, 0.717) is 4.77 Å². The van der Waals surface area contributed by atoms with Crippen LogP contribution in [-0.4, -0.2) is 9.55 Å². The van der Waals surface area contributed by atoms with Crippen molar-refractivity contribution in [1.29, 1.82) is 0 Å². The van der Waals surface area contributed by atoms with Gasteiger partial charge in [0.05, 0.1) is 16.7 Å². The summed E-state index contributed by atoms with van der Waals surface area (Å²) in [6, 6.07) is 14.4. The number of aryl methyl sites for hydroxylation is 1. The first-order valence-electron chi connectivity index (χ1n) is 5.63. The van der Waals surface area contributed by atoms with Crippen molar-refractivity contribution in [2.24, 2.45) is 0 Å². The maximum Gasteiger partial charge on any atom is 0.182 e. The van der Waals surface area contributed by atoms with Gasteiger partial charge in [0.2, 0.25) is 0 Å². The Morgan fingerprint density at radius 1 is 1.17 bits per heavy atom. The smallest absolute Gasteiger partial charge is 0.182 e. The number of para-hydroxylation sites is 1. The first-order valence-corrected chi connectivity index (χ1v) is 6.83. The topological polar surface area (TPSA) is 20.7 Å². The number of hydrogen-bond donors (Lipinski definition) is 1. The van der Waals surface area contributed by atoms with Gasteiger partial charge in [-0.2, -0.15) is 0 Å². The van der Waals surface area contributed by atoms with E-state index in [4.69, 9.17) is 12.2 Å². The minimum atomic E-state index is 0.711. The second-order valence-electron chi connectivity index (χ2n) is 4.24. The molecule has 3 rings (SSSR count). The summed E-state index contributed by atoms with van der Waals surface area (Å²) in [5.41, 5.74) is 4.44. The average Bonchev–Trinajstić information content (AvgIpc) is 2.66. The quantitative estimate of drug-likeness (QED) is 0.641. The van der Waals surface area contributed by atoms with E-state index >= 15 is 0 Å². The molecule has 2 nitrogen and oxygen atoms in total. The van der Waals surface area contributed by atoms with Crippen LogP contribution in [-0.2, 0) is 0 Å². The van der Waals surface area contributed by atoms with Gasteiger partial charge in [-0.3, -0.25) is 4.57 Å². The molecule has 0 aliphatic heterocycles. The lowest BCUT2D eigenvalue weighted by Gasteiger charge is -2.07. The molecule has 0 saturated heterocycles.